The number of nitrogens with zero attached hydrogens (tertiary/aromatic N) is 1. The highest BCUT2D eigenvalue weighted by Crippen LogP contribution is 2.24. The van der Waals surface area contributed by atoms with E-state index in [1.54, 1.807) is 41.5 Å². The first kappa shape index (κ1) is 30.4. The molecule has 1 aromatic rings. The van der Waals surface area contributed by atoms with Gasteiger partial charge in [0.1, 0.15) is 17.2 Å². The molecule has 0 heterocycles. The molecule has 0 aliphatic rings. The summed E-state index contributed by atoms with van der Waals surface area (Å²) in [4.78, 5) is 40.2. The van der Waals surface area contributed by atoms with Crippen molar-refractivity contribution < 1.29 is 23.9 Å². The van der Waals surface area contributed by atoms with Crippen molar-refractivity contribution in [3.05, 3.63) is 24.3 Å². The Hall–Kier alpha value is -1.64. The van der Waals surface area contributed by atoms with Gasteiger partial charge < -0.3 is 19.7 Å². The van der Waals surface area contributed by atoms with Gasteiger partial charge in [0.25, 0.3) is 5.24 Å². The van der Waals surface area contributed by atoms with E-state index in [-0.39, 0.29) is 12.8 Å². The Morgan fingerprint density at radius 2 is 1.47 bits per heavy atom. The molecule has 1 aromatic carbocycles. The van der Waals surface area contributed by atoms with Crippen molar-refractivity contribution in [2.45, 2.75) is 76.5 Å². The monoisotopic (exact) mass is 534 g/mol. The number of amides is 1. The van der Waals surface area contributed by atoms with Crippen LogP contribution >= 0.6 is 35.0 Å². The lowest BCUT2D eigenvalue weighted by atomic mass is 10.1. The number of hydrogen-bond donors (Lipinski definition) is 1. The number of halogens is 2. The first-order valence-electron chi connectivity index (χ1n) is 11.1. The van der Waals surface area contributed by atoms with Crippen molar-refractivity contribution in [2.75, 3.05) is 29.7 Å². The van der Waals surface area contributed by atoms with Crippen LogP contribution in [0.2, 0.25) is 0 Å². The molecular weight excluding hydrogens is 499 g/mol. The van der Waals surface area contributed by atoms with Gasteiger partial charge in [-0.1, -0.05) is 0 Å². The summed E-state index contributed by atoms with van der Waals surface area (Å²) in [6.45, 7) is 11.9. The molecule has 0 fully saturated rings. The number of ether oxygens (including phenoxy) is 2. The van der Waals surface area contributed by atoms with E-state index in [9.17, 15) is 14.4 Å². The zero-order valence-corrected chi connectivity index (χ0v) is 23.1. The van der Waals surface area contributed by atoms with Crippen molar-refractivity contribution in [3.63, 3.8) is 0 Å². The van der Waals surface area contributed by atoms with E-state index in [4.69, 9.17) is 32.7 Å². The zero-order valence-electron chi connectivity index (χ0n) is 20.8. The van der Waals surface area contributed by atoms with Gasteiger partial charge in [0.2, 0.25) is 0 Å². The third-order valence-corrected chi connectivity index (χ3v) is 5.31. The Labute approximate surface area is 217 Å². The van der Waals surface area contributed by atoms with Crippen LogP contribution in [0.3, 0.4) is 0 Å². The van der Waals surface area contributed by atoms with E-state index in [0.717, 1.165) is 17.4 Å². The zero-order chi connectivity index (χ0) is 25.9. The largest absolute Gasteiger partial charge is 0.460 e. The third kappa shape index (κ3) is 12.7. The molecule has 0 aliphatic carbocycles. The van der Waals surface area contributed by atoms with Crippen LogP contribution < -0.4 is 10.2 Å². The highest BCUT2D eigenvalue weighted by atomic mass is 35.5. The number of alkyl halides is 2. The van der Waals surface area contributed by atoms with Crippen LogP contribution in [0.4, 0.5) is 10.5 Å². The van der Waals surface area contributed by atoms with Crippen LogP contribution in [0, 0.1) is 0 Å². The Bertz CT molecular complexity index is 801. The summed E-state index contributed by atoms with van der Waals surface area (Å²) in [6.07, 6.45) is 0.0404. The number of rotatable bonds is 11. The maximum atomic E-state index is 12.7. The average Bonchev–Trinajstić information content (AvgIpc) is 2.69. The second kappa shape index (κ2) is 14.0. The predicted octanol–water partition coefficient (Wildman–Crippen LogP) is 5.60. The van der Waals surface area contributed by atoms with Gasteiger partial charge in [0.05, 0.1) is 0 Å². The van der Waals surface area contributed by atoms with Gasteiger partial charge in [-0.15, -0.1) is 23.2 Å². The van der Waals surface area contributed by atoms with Gasteiger partial charge in [-0.2, -0.15) is 0 Å². The van der Waals surface area contributed by atoms with Crippen LogP contribution in [0.1, 0.15) is 54.4 Å². The van der Waals surface area contributed by atoms with E-state index in [0.29, 0.717) is 29.7 Å². The van der Waals surface area contributed by atoms with E-state index in [1.165, 1.54) is 0 Å². The minimum atomic E-state index is -0.978. The number of nitrogens with one attached hydrogen (secondary N) is 1. The van der Waals surface area contributed by atoms with Crippen molar-refractivity contribution in [1.29, 1.82) is 0 Å². The summed E-state index contributed by atoms with van der Waals surface area (Å²) in [5.41, 5.74) is -0.408. The minimum Gasteiger partial charge on any atom is -0.460 e. The summed E-state index contributed by atoms with van der Waals surface area (Å²) >= 11 is 12.7. The standard InChI is InChI=1S/C24H36Cl2N2O5S/c1-23(2,3)32-20(29)12-11-19(21(30)33-24(4,5)6)27-22(31)34-18-9-7-17(8-10-18)28(15-13-25)16-14-26/h7-10,19H,11-16H2,1-6H3,(H,27,31)/t19-/m0/s1. The Morgan fingerprint density at radius 3 is 1.94 bits per heavy atom. The fourth-order valence-electron chi connectivity index (χ4n) is 2.85. The fraction of sp³-hybridized carbons (Fsp3) is 0.625. The van der Waals surface area contributed by atoms with Crippen LogP contribution in [0.15, 0.2) is 29.2 Å². The van der Waals surface area contributed by atoms with E-state index in [1.807, 2.05) is 24.3 Å². The molecule has 0 radical (unpaired) electrons. The number of benzene rings is 1. The highest BCUT2D eigenvalue weighted by Gasteiger charge is 2.28. The number of anilines is 1. The normalized spacial score (nSPS) is 12.6. The molecule has 1 atom stereocenters. The molecule has 7 nitrogen and oxygen atoms in total. The van der Waals surface area contributed by atoms with Crippen molar-refractivity contribution >= 4 is 57.8 Å². The molecule has 1 amide bonds. The molecule has 0 aliphatic heterocycles. The van der Waals surface area contributed by atoms with Crippen molar-refractivity contribution in [2.24, 2.45) is 0 Å². The predicted molar refractivity (Wildman–Crippen MR) is 139 cm³/mol. The minimum absolute atomic E-state index is 0.0300. The SMILES string of the molecule is CC(C)(C)OC(=O)CC[C@H](NC(=O)Sc1ccc(N(CCCl)CCCl)cc1)C(=O)OC(C)(C)C. The number of esters is 2. The van der Waals surface area contributed by atoms with E-state index < -0.39 is 34.4 Å². The van der Waals surface area contributed by atoms with Crippen molar-refractivity contribution in [3.8, 4) is 0 Å². The Balaban J connectivity index is 2.82. The van der Waals surface area contributed by atoms with Crippen LogP contribution in [-0.4, -0.2) is 59.3 Å². The lowest BCUT2D eigenvalue weighted by Gasteiger charge is -2.25. The average molecular weight is 536 g/mol. The molecule has 0 saturated carbocycles. The van der Waals surface area contributed by atoms with Crippen LogP contribution in [0.5, 0.6) is 0 Å². The number of hydrogen-bond acceptors (Lipinski definition) is 7. The molecule has 0 bridgehead atoms. The third-order valence-electron chi connectivity index (χ3n) is 4.16. The van der Waals surface area contributed by atoms with Gasteiger partial charge in [0.15, 0.2) is 0 Å². The topological polar surface area (TPSA) is 84.9 Å². The summed E-state index contributed by atoms with van der Waals surface area (Å²) in [5, 5.41) is 2.26. The molecular formula is C24H36Cl2N2O5S. The molecule has 34 heavy (non-hydrogen) atoms. The number of carbonyl (C=O) groups is 3. The Kier molecular flexibility index (Phi) is 12.6. The smallest absolute Gasteiger partial charge is 0.329 e. The summed E-state index contributed by atoms with van der Waals surface area (Å²) < 4.78 is 10.7. The fourth-order valence-corrected chi connectivity index (χ4v) is 3.95. The van der Waals surface area contributed by atoms with Gasteiger partial charge in [-0.25, -0.2) is 4.79 Å². The van der Waals surface area contributed by atoms with E-state index >= 15 is 0 Å². The molecule has 0 aromatic heterocycles. The van der Waals surface area contributed by atoms with Gasteiger partial charge >= 0.3 is 11.9 Å². The molecule has 10 heteroatoms. The second-order valence-electron chi connectivity index (χ2n) is 9.60. The molecule has 0 unspecified atom stereocenters. The van der Waals surface area contributed by atoms with Crippen molar-refractivity contribution in [1.82, 2.24) is 5.32 Å². The maximum absolute atomic E-state index is 12.7. The number of thioether (sulfide) groups is 1. The molecule has 1 rings (SSSR count). The molecule has 0 saturated heterocycles. The molecule has 0 spiro atoms. The number of carbonyl (C=O) groups excluding carboxylic acids is 3. The maximum Gasteiger partial charge on any atom is 0.329 e. The lowest BCUT2D eigenvalue weighted by molar-refractivity contribution is -0.158. The highest BCUT2D eigenvalue weighted by molar-refractivity contribution is 8.13. The first-order valence-corrected chi connectivity index (χ1v) is 13.0. The van der Waals surface area contributed by atoms with Gasteiger partial charge in [-0.3, -0.25) is 9.59 Å². The quantitative estimate of drug-likeness (QED) is 0.224. The second-order valence-corrected chi connectivity index (χ2v) is 11.4. The van der Waals surface area contributed by atoms with Gasteiger partial charge in [-0.05, 0) is 84.0 Å². The first-order chi connectivity index (χ1) is 15.7. The molecule has 192 valence electrons. The summed E-state index contributed by atoms with van der Waals surface area (Å²) in [7, 11) is 0. The molecule has 1 N–H and O–H groups in total. The Morgan fingerprint density at radius 1 is 0.941 bits per heavy atom. The van der Waals surface area contributed by atoms with Crippen LogP contribution in [0.25, 0.3) is 0 Å². The summed E-state index contributed by atoms with van der Waals surface area (Å²) in [6, 6.07) is 6.44. The van der Waals surface area contributed by atoms with Crippen LogP contribution in [-0.2, 0) is 19.1 Å². The van der Waals surface area contributed by atoms with E-state index in [2.05, 4.69) is 10.2 Å². The lowest BCUT2D eigenvalue weighted by Crippen LogP contribution is -2.43. The summed E-state index contributed by atoms with van der Waals surface area (Å²) in [5.74, 6) is -0.0915. The van der Waals surface area contributed by atoms with Gasteiger partial charge in [0, 0.05) is 41.9 Å².